The number of esters is 1. The minimum Gasteiger partial charge on any atom is -0.463 e. The van der Waals surface area contributed by atoms with Crippen molar-refractivity contribution in [3.63, 3.8) is 0 Å². The Labute approximate surface area is 144 Å². The van der Waals surface area contributed by atoms with Crippen molar-refractivity contribution >= 4 is 28.7 Å². The van der Waals surface area contributed by atoms with Crippen molar-refractivity contribution in [3.05, 3.63) is 51.6 Å². The first kappa shape index (κ1) is 17.7. The molecule has 3 rings (SSSR count). The number of alkyl halides is 3. The molecule has 0 atom stereocenters. The van der Waals surface area contributed by atoms with Gasteiger partial charge < -0.3 is 9.72 Å². The maximum absolute atomic E-state index is 12.9. The Morgan fingerprint density at radius 1 is 1.38 bits per heavy atom. The molecule has 1 aromatic carbocycles. The fourth-order valence-corrected chi connectivity index (χ4v) is 2.65. The van der Waals surface area contributed by atoms with Crippen LogP contribution in [-0.4, -0.2) is 26.9 Å². The number of nitrogens with one attached hydrogen (secondary N) is 1. The van der Waals surface area contributed by atoms with Crippen molar-refractivity contribution in [1.29, 1.82) is 0 Å². The Morgan fingerprint density at radius 2 is 2.12 bits per heavy atom. The van der Waals surface area contributed by atoms with Crippen LogP contribution in [0, 0.1) is 6.92 Å². The second kappa shape index (κ2) is 6.32. The van der Waals surface area contributed by atoms with Crippen LogP contribution in [0.15, 0.2) is 29.1 Å². The average molecular weight is 365 g/mol. The maximum Gasteiger partial charge on any atom is 0.416 e. The van der Waals surface area contributed by atoms with Gasteiger partial charge in [0.2, 0.25) is 5.65 Å². The molecule has 0 aliphatic carbocycles. The van der Waals surface area contributed by atoms with Gasteiger partial charge in [0.05, 0.1) is 28.9 Å². The number of carbonyl (C=O) groups excluding carboxylic acids is 1. The van der Waals surface area contributed by atoms with Crippen molar-refractivity contribution in [1.82, 2.24) is 14.4 Å². The number of rotatable bonds is 3. The molecule has 0 fully saturated rings. The quantitative estimate of drug-likeness (QED) is 0.572. The summed E-state index contributed by atoms with van der Waals surface area (Å²) in [5.41, 5.74) is -0.200. The summed E-state index contributed by atoms with van der Waals surface area (Å²) in [6.45, 7) is 3.54. The number of halogens is 3. The zero-order valence-corrected chi connectivity index (χ0v) is 13.8. The molecule has 2 heterocycles. The van der Waals surface area contributed by atoms with Crippen molar-refractivity contribution in [2.75, 3.05) is 6.61 Å². The van der Waals surface area contributed by atoms with E-state index in [9.17, 15) is 22.8 Å². The lowest BCUT2D eigenvalue weighted by Crippen LogP contribution is -2.12. The third-order valence-electron chi connectivity index (χ3n) is 3.82. The van der Waals surface area contributed by atoms with Gasteiger partial charge in [-0.3, -0.25) is 9.20 Å². The second-order valence-corrected chi connectivity index (χ2v) is 5.51. The Kier molecular flexibility index (Phi) is 4.31. The third-order valence-corrected chi connectivity index (χ3v) is 3.82. The Bertz CT molecular complexity index is 1090. The number of aryl methyl sites for hydroxylation is 1. The Hall–Kier alpha value is -3.10. The first-order valence-corrected chi connectivity index (χ1v) is 7.69. The highest BCUT2D eigenvalue weighted by molar-refractivity contribution is 5.87. The normalized spacial score (nSPS) is 12.3. The lowest BCUT2D eigenvalue weighted by atomic mass is 10.2. The van der Waals surface area contributed by atoms with E-state index in [1.807, 2.05) is 0 Å². The van der Waals surface area contributed by atoms with Gasteiger partial charge in [-0.25, -0.2) is 9.78 Å². The second-order valence-electron chi connectivity index (χ2n) is 5.51. The van der Waals surface area contributed by atoms with Gasteiger partial charge in [0.15, 0.2) is 0 Å². The number of nitrogens with zero attached hydrogens (tertiary/aromatic N) is 2. The van der Waals surface area contributed by atoms with Crippen molar-refractivity contribution < 1.29 is 22.7 Å². The SMILES string of the molecule is CCOC(=O)C=Cc1nc2c(=O)[nH]c3cc(C(F)(F)F)ccc3n2c1C. The summed E-state index contributed by atoms with van der Waals surface area (Å²) < 4.78 is 44.9. The predicted octanol–water partition coefficient (Wildman–Crippen LogP) is 3.08. The van der Waals surface area contributed by atoms with Gasteiger partial charge in [-0.2, -0.15) is 13.2 Å². The molecule has 3 aromatic rings. The van der Waals surface area contributed by atoms with E-state index in [2.05, 4.69) is 9.97 Å². The van der Waals surface area contributed by atoms with Gasteiger partial charge in [0.1, 0.15) is 0 Å². The van der Waals surface area contributed by atoms with Crippen LogP contribution >= 0.6 is 0 Å². The Morgan fingerprint density at radius 3 is 2.77 bits per heavy atom. The summed E-state index contributed by atoms with van der Waals surface area (Å²) in [5.74, 6) is -0.558. The summed E-state index contributed by atoms with van der Waals surface area (Å²) in [4.78, 5) is 30.2. The number of benzene rings is 1. The standard InChI is InChI=1S/C17H14F3N3O3/c1-3-26-14(24)7-5-11-9(2)23-13-6-4-10(17(18,19)20)8-12(13)22-16(25)15(23)21-11/h4-8H,3H2,1-2H3,(H,22,25). The van der Waals surface area contributed by atoms with Crippen LogP contribution in [0.2, 0.25) is 0 Å². The molecular formula is C17H14F3N3O3. The molecule has 0 saturated carbocycles. The smallest absolute Gasteiger partial charge is 0.416 e. The van der Waals surface area contributed by atoms with Gasteiger partial charge in [0, 0.05) is 11.8 Å². The number of H-pyrrole nitrogens is 1. The van der Waals surface area contributed by atoms with Crippen LogP contribution in [-0.2, 0) is 15.7 Å². The highest BCUT2D eigenvalue weighted by atomic mass is 19.4. The minimum atomic E-state index is -4.52. The van der Waals surface area contributed by atoms with Gasteiger partial charge in [-0.15, -0.1) is 0 Å². The predicted molar refractivity (Wildman–Crippen MR) is 88.7 cm³/mol. The fourth-order valence-electron chi connectivity index (χ4n) is 2.65. The van der Waals surface area contributed by atoms with E-state index in [1.165, 1.54) is 22.6 Å². The number of hydrogen-bond donors (Lipinski definition) is 1. The molecule has 2 aromatic heterocycles. The van der Waals surface area contributed by atoms with Gasteiger partial charge in [-0.1, -0.05) is 0 Å². The monoisotopic (exact) mass is 365 g/mol. The van der Waals surface area contributed by atoms with E-state index >= 15 is 0 Å². The molecule has 0 saturated heterocycles. The molecule has 0 aliphatic heterocycles. The van der Waals surface area contributed by atoms with Crippen LogP contribution in [0.25, 0.3) is 22.8 Å². The largest absolute Gasteiger partial charge is 0.463 e. The van der Waals surface area contributed by atoms with Crippen LogP contribution in [0.4, 0.5) is 13.2 Å². The number of fused-ring (bicyclic) bond motifs is 3. The van der Waals surface area contributed by atoms with Crippen LogP contribution in [0.1, 0.15) is 23.9 Å². The number of carbonyl (C=O) groups is 1. The van der Waals surface area contributed by atoms with Gasteiger partial charge >= 0.3 is 12.1 Å². The summed E-state index contributed by atoms with van der Waals surface area (Å²) in [5, 5.41) is 0. The third kappa shape index (κ3) is 3.07. The van der Waals surface area contributed by atoms with E-state index in [-0.39, 0.29) is 17.8 Å². The van der Waals surface area contributed by atoms with Crippen LogP contribution in [0.3, 0.4) is 0 Å². The van der Waals surface area contributed by atoms with E-state index < -0.39 is 23.3 Å². The molecule has 136 valence electrons. The number of ether oxygens (including phenoxy) is 1. The number of hydrogen-bond acceptors (Lipinski definition) is 4. The molecule has 6 nitrogen and oxygen atoms in total. The summed E-state index contributed by atoms with van der Waals surface area (Å²) in [7, 11) is 0. The highest BCUT2D eigenvalue weighted by Gasteiger charge is 2.30. The summed E-state index contributed by atoms with van der Waals surface area (Å²) in [6, 6.07) is 3.09. The zero-order chi connectivity index (χ0) is 19.1. The molecule has 0 radical (unpaired) electrons. The lowest BCUT2D eigenvalue weighted by molar-refractivity contribution is -0.138. The first-order valence-electron chi connectivity index (χ1n) is 7.69. The average Bonchev–Trinajstić information content (AvgIpc) is 2.90. The number of aromatic amines is 1. The summed E-state index contributed by atoms with van der Waals surface area (Å²) in [6.07, 6.45) is -1.94. The molecule has 0 aliphatic rings. The molecule has 0 unspecified atom stereocenters. The van der Waals surface area contributed by atoms with Gasteiger partial charge in [0.25, 0.3) is 5.56 Å². The van der Waals surface area contributed by atoms with Crippen LogP contribution in [0.5, 0.6) is 0 Å². The zero-order valence-electron chi connectivity index (χ0n) is 13.8. The molecule has 0 bridgehead atoms. The molecule has 0 spiro atoms. The molecule has 9 heteroatoms. The first-order chi connectivity index (χ1) is 12.2. The van der Waals surface area contributed by atoms with Crippen molar-refractivity contribution in [3.8, 4) is 0 Å². The molecule has 1 N–H and O–H groups in total. The van der Waals surface area contributed by atoms with Gasteiger partial charge in [-0.05, 0) is 38.1 Å². The van der Waals surface area contributed by atoms with Crippen molar-refractivity contribution in [2.24, 2.45) is 0 Å². The van der Waals surface area contributed by atoms with E-state index in [1.54, 1.807) is 13.8 Å². The molecular weight excluding hydrogens is 351 g/mol. The molecule has 0 amide bonds. The number of aromatic nitrogens is 3. The summed E-state index contributed by atoms with van der Waals surface area (Å²) >= 11 is 0. The van der Waals surface area contributed by atoms with Crippen molar-refractivity contribution in [2.45, 2.75) is 20.0 Å². The van der Waals surface area contributed by atoms with Crippen LogP contribution < -0.4 is 5.56 Å². The van der Waals surface area contributed by atoms with E-state index in [4.69, 9.17) is 4.74 Å². The topological polar surface area (TPSA) is 76.5 Å². The molecule has 26 heavy (non-hydrogen) atoms. The number of imidazole rings is 1. The lowest BCUT2D eigenvalue weighted by Gasteiger charge is -2.09. The fraction of sp³-hybridized carbons (Fsp3) is 0.235. The Balaban J connectivity index is 2.21. The van der Waals surface area contributed by atoms with E-state index in [0.717, 1.165) is 12.1 Å². The highest BCUT2D eigenvalue weighted by Crippen LogP contribution is 2.31. The van der Waals surface area contributed by atoms with E-state index in [0.29, 0.717) is 16.9 Å². The maximum atomic E-state index is 12.9. The minimum absolute atomic E-state index is 0.0262.